The van der Waals surface area contributed by atoms with E-state index in [9.17, 15) is 4.39 Å². The van der Waals surface area contributed by atoms with Gasteiger partial charge in [0, 0.05) is 6.07 Å². The molecule has 2 aromatic carbocycles. The summed E-state index contributed by atoms with van der Waals surface area (Å²) in [6.45, 7) is 0.116. The van der Waals surface area contributed by atoms with Crippen LogP contribution in [0.1, 0.15) is 17.3 Å². The Morgan fingerprint density at radius 2 is 1.76 bits per heavy atom. The van der Waals surface area contributed by atoms with Crippen LogP contribution in [-0.2, 0) is 13.0 Å². The summed E-state index contributed by atoms with van der Waals surface area (Å²) in [5, 5.41) is 7.88. The molecular weight excluding hydrogens is 271 g/mol. The Morgan fingerprint density at radius 3 is 2.57 bits per heavy atom. The Kier molecular flexibility index (Phi) is 3.91. The van der Waals surface area contributed by atoms with Crippen molar-refractivity contribution in [2.45, 2.75) is 13.0 Å². The molecule has 0 atom stereocenters. The third kappa shape index (κ3) is 3.66. The largest absolute Gasteiger partial charge is 0.484 e. The maximum Gasteiger partial charge on any atom is 0.253 e. The van der Waals surface area contributed by atoms with Crippen LogP contribution < -0.4 is 4.74 Å². The summed E-state index contributed by atoms with van der Waals surface area (Å²) in [5.41, 5.74) is 1.10. The molecule has 0 aliphatic heterocycles. The van der Waals surface area contributed by atoms with E-state index in [1.54, 1.807) is 12.1 Å². The first-order chi connectivity index (χ1) is 10.3. The van der Waals surface area contributed by atoms with E-state index in [4.69, 9.17) is 9.15 Å². The van der Waals surface area contributed by atoms with Gasteiger partial charge in [-0.1, -0.05) is 36.4 Å². The molecule has 0 N–H and O–H groups in total. The summed E-state index contributed by atoms with van der Waals surface area (Å²) in [6.07, 6.45) is 0.577. The highest BCUT2D eigenvalue weighted by molar-refractivity contribution is 5.22. The predicted octanol–water partition coefficient (Wildman–Crippen LogP) is 3.38. The first kappa shape index (κ1) is 13.3. The predicted molar refractivity (Wildman–Crippen MR) is 74.3 cm³/mol. The van der Waals surface area contributed by atoms with Gasteiger partial charge in [-0.2, -0.15) is 0 Å². The minimum Gasteiger partial charge on any atom is -0.484 e. The average molecular weight is 284 g/mol. The van der Waals surface area contributed by atoms with E-state index in [1.807, 2.05) is 30.3 Å². The summed E-state index contributed by atoms with van der Waals surface area (Å²) in [6, 6.07) is 15.8. The normalized spacial score (nSPS) is 10.5. The third-order valence-corrected chi connectivity index (χ3v) is 2.87. The molecule has 0 amide bonds. The molecule has 21 heavy (non-hydrogen) atoms. The van der Waals surface area contributed by atoms with Crippen LogP contribution >= 0.6 is 0 Å². The van der Waals surface area contributed by atoms with Crippen LogP contribution in [-0.4, -0.2) is 10.2 Å². The molecule has 106 valence electrons. The summed E-state index contributed by atoms with van der Waals surface area (Å²) >= 11 is 0. The van der Waals surface area contributed by atoms with E-state index in [-0.39, 0.29) is 12.4 Å². The number of halogens is 1. The zero-order valence-electron chi connectivity index (χ0n) is 11.2. The van der Waals surface area contributed by atoms with E-state index >= 15 is 0 Å². The van der Waals surface area contributed by atoms with Crippen LogP contribution in [0.4, 0.5) is 4.39 Å². The van der Waals surface area contributed by atoms with Crippen molar-refractivity contribution in [2.24, 2.45) is 0 Å². The van der Waals surface area contributed by atoms with E-state index in [1.165, 1.54) is 12.1 Å². The Hall–Kier alpha value is -2.69. The zero-order valence-corrected chi connectivity index (χ0v) is 11.2. The molecule has 0 aliphatic carbocycles. The van der Waals surface area contributed by atoms with Crippen molar-refractivity contribution in [1.29, 1.82) is 0 Å². The van der Waals surface area contributed by atoms with Crippen molar-refractivity contribution in [2.75, 3.05) is 0 Å². The van der Waals surface area contributed by atoms with Gasteiger partial charge in [0.25, 0.3) is 5.89 Å². The van der Waals surface area contributed by atoms with Gasteiger partial charge in [-0.05, 0) is 17.7 Å². The van der Waals surface area contributed by atoms with Crippen LogP contribution in [0.25, 0.3) is 0 Å². The maximum absolute atomic E-state index is 13.0. The van der Waals surface area contributed by atoms with Gasteiger partial charge < -0.3 is 9.15 Å². The monoisotopic (exact) mass is 284 g/mol. The van der Waals surface area contributed by atoms with Gasteiger partial charge in [0.2, 0.25) is 5.89 Å². The standard InChI is InChI=1S/C16H13FN2O2/c17-13-7-4-8-14(10-13)20-11-16-19-18-15(21-16)9-12-5-2-1-3-6-12/h1-8,10H,9,11H2. The van der Waals surface area contributed by atoms with Gasteiger partial charge in [0.15, 0.2) is 6.61 Å². The van der Waals surface area contributed by atoms with E-state index in [0.29, 0.717) is 24.0 Å². The first-order valence-electron chi connectivity index (χ1n) is 6.53. The smallest absolute Gasteiger partial charge is 0.253 e. The molecule has 3 rings (SSSR count). The minimum absolute atomic E-state index is 0.116. The topological polar surface area (TPSA) is 48.2 Å². The fourth-order valence-electron chi connectivity index (χ4n) is 1.89. The summed E-state index contributed by atoms with van der Waals surface area (Å²) < 4.78 is 23.9. The molecule has 0 spiro atoms. The minimum atomic E-state index is -0.345. The highest BCUT2D eigenvalue weighted by Gasteiger charge is 2.07. The molecule has 0 fully saturated rings. The number of hydrogen-bond acceptors (Lipinski definition) is 4. The average Bonchev–Trinajstić information content (AvgIpc) is 2.94. The molecule has 0 aliphatic rings. The number of hydrogen-bond donors (Lipinski definition) is 0. The number of rotatable bonds is 5. The fraction of sp³-hybridized carbons (Fsp3) is 0.125. The number of aromatic nitrogens is 2. The van der Waals surface area contributed by atoms with Crippen LogP contribution in [0, 0.1) is 5.82 Å². The molecule has 1 aromatic heterocycles. The second-order valence-corrected chi connectivity index (χ2v) is 4.50. The molecular formula is C16H13FN2O2. The van der Waals surface area contributed by atoms with Gasteiger partial charge in [-0.15, -0.1) is 10.2 Å². The van der Waals surface area contributed by atoms with E-state index in [0.717, 1.165) is 5.56 Å². The Morgan fingerprint density at radius 1 is 0.952 bits per heavy atom. The molecule has 0 saturated heterocycles. The van der Waals surface area contributed by atoms with Crippen molar-refractivity contribution in [3.63, 3.8) is 0 Å². The quantitative estimate of drug-likeness (QED) is 0.720. The second-order valence-electron chi connectivity index (χ2n) is 4.50. The molecule has 0 unspecified atom stereocenters. The van der Waals surface area contributed by atoms with Gasteiger partial charge in [-0.25, -0.2) is 4.39 Å². The third-order valence-electron chi connectivity index (χ3n) is 2.87. The number of nitrogens with zero attached hydrogens (tertiary/aromatic N) is 2. The first-order valence-corrected chi connectivity index (χ1v) is 6.53. The van der Waals surface area contributed by atoms with Crippen molar-refractivity contribution in [3.8, 4) is 5.75 Å². The van der Waals surface area contributed by atoms with Gasteiger partial charge in [0.05, 0.1) is 6.42 Å². The molecule has 3 aromatic rings. The molecule has 1 heterocycles. The maximum atomic E-state index is 13.0. The van der Waals surface area contributed by atoms with Gasteiger partial charge >= 0.3 is 0 Å². The van der Waals surface area contributed by atoms with Crippen molar-refractivity contribution >= 4 is 0 Å². The van der Waals surface area contributed by atoms with Crippen LogP contribution in [0.15, 0.2) is 59.0 Å². The lowest BCUT2D eigenvalue weighted by Crippen LogP contribution is -1.95. The summed E-state index contributed by atoms with van der Waals surface area (Å²) in [5.74, 6) is 0.977. The van der Waals surface area contributed by atoms with Crippen molar-refractivity contribution in [3.05, 3.63) is 77.8 Å². The van der Waals surface area contributed by atoms with Gasteiger partial charge in [-0.3, -0.25) is 0 Å². The SMILES string of the molecule is Fc1cccc(OCc2nnc(Cc3ccccc3)o2)c1. The van der Waals surface area contributed by atoms with Gasteiger partial charge in [0.1, 0.15) is 11.6 Å². The molecule has 0 radical (unpaired) electrons. The molecule has 0 bridgehead atoms. The lowest BCUT2D eigenvalue weighted by molar-refractivity contribution is 0.258. The highest BCUT2D eigenvalue weighted by atomic mass is 19.1. The van der Waals surface area contributed by atoms with E-state index in [2.05, 4.69) is 10.2 Å². The Labute approximate surface area is 121 Å². The second kappa shape index (κ2) is 6.17. The molecule has 0 saturated carbocycles. The molecule has 4 nitrogen and oxygen atoms in total. The van der Waals surface area contributed by atoms with Crippen molar-refractivity contribution < 1.29 is 13.5 Å². The fourth-order valence-corrected chi connectivity index (χ4v) is 1.89. The van der Waals surface area contributed by atoms with Crippen LogP contribution in [0.2, 0.25) is 0 Å². The zero-order chi connectivity index (χ0) is 14.5. The molecule has 5 heteroatoms. The van der Waals surface area contributed by atoms with Crippen LogP contribution in [0.5, 0.6) is 5.75 Å². The van der Waals surface area contributed by atoms with E-state index < -0.39 is 0 Å². The lowest BCUT2D eigenvalue weighted by Gasteiger charge is -2.02. The van der Waals surface area contributed by atoms with Crippen LogP contribution in [0.3, 0.4) is 0 Å². The summed E-state index contributed by atoms with van der Waals surface area (Å²) in [7, 11) is 0. The summed E-state index contributed by atoms with van der Waals surface area (Å²) in [4.78, 5) is 0. The number of benzene rings is 2. The Balaban J connectivity index is 1.60. The van der Waals surface area contributed by atoms with Crippen molar-refractivity contribution in [1.82, 2.24) is 10.2 Å². The highest BCUT2D eigenvalue weighted by Crippen LogP contribution is 2.14. The Bertz CT molecular complexity index is 713. The number of ether oxygens (including phenoxy) is 1. The lowest BCUT2D eigenvalue weighted by atomic mass is 10.2.